The lowest BCUT2D eigenvalue weighted by molar-refractivity contribution is -0.157. The third kappa shape index (κ3) is 5.85. The van der Waals surface area contributed by atoms with Crippen LogP contribution in [0.15, 0.2) is 79.9 Å². The predicted octanol–water partition coefficient (Wildman–Crippen LogP) is 5.70. The van der Waals surface area contributed by atoms with Crippen molar-refractivity contribution >= 4 is 23.4 Å². The van der Waals surface area contributed by atoms with Crippen LogP contribution in [-0.4, -0.2) is 82.2 Å². The highest BCUT2D eigenvalue weighted by Gasteiger charge is 2.79. The number of aliphatic hydroxyl groups excluding tert-OH is 1. The summed E-state index contributed by atoms with van der Waals surface area (Å²) in [6.45, 7) is 16.5. The largest absolute Gasteiger partial charge is 0.494 e. The van der Waals surface area contributed by atoms with Gasteiger partial charge >= 0.3 is 0 Å². The summed E-state index contributed by atoms with van der Waals surface area (Å²) in [4.78, 5) is 50.0. The van der Waals surface area contributed by atoms with Crippen LogP contribution >= 0.6 is 0 Å². The predicted molar refractivity (Wildman–Crippen MR) is 186 cm³/mol. The molecule has 1 spiro atoms. The molecule has 258 valence electrons. The number of nitrogens with zero attached hydrogens (tertiary/aromatic N) is 3. The lowest BCUT2D eigenvalue weighted by Crippen LogP contribution is -2.58. The van der Waals surface area contributed by atoms with Crippen LogP contribution in [0.25, 0.3) is 0 Å². The zero-order valence-electron chi connectivity index (χ0n) is 28.8. The lowest BCUT2D eigenvalue weighted by atomic mass is 9.64. The molecule has 2 bridgehead atoms. The molecule has 9 nitrogen and oxygen atoms in total. The maximum absolute atomic E-state index is 15.1. The van der Waals surface area contributed by atoms with Gasteiger partial charge < -0.3 is 29.3 Å². The number of aliphatic hydroxyl groups is 1. The molecular weight excluding hydrogens is 606 g/mol. The Labute approximate surface area is 285 Å². The standard InChI is InChI=1S/C39H51N3O6/c1-7-15-27(6)40(24-8-2)37(46)34-39-23-22-38(10-4,48-39)32(33(39)36(45)42(34)31(26-43)28-16-13-12-14-17-28)35(44)41(25-9-3)29-18-20-30(21-19-29)47-11-5/h8-9,12-14,16-21,27,31-34,43H,2-3,7,10-11,15,22-26H2,1,4-6H3/t27?,31-,32+,33+,34?,38-,39?/m1/s1. The molecule has 2 aromatic rings. The van der Waals surface area contributed by atoms with E-state index in [2.05, 4.69) is 20.1 Å². The molecule has 0 aliphatic carbocycles. The molecule has 1 N–H and O–H groups in total. The number of ether oxygens (including phenoxy) is 2. The molecule has 48 heavy (non-hydrogen) atoms. The minimum Gasteiger partial charge on any atom is -0.494 e. The molecule has 3 aliphatic heterocycles. The summed E-state index contributed by atoms with van der Waals surface area (Å²) in [7, 11) is 0. The molecule has 7 atom stereocenters. The first-order valence-corrected chi connectivity index (χ1v) is 17.4. The van der Waals surface area contributed by atoms with Gasteiger partial charge in [0.2, 0.25) is 17.7 Å². The Bertz CT molecular complexity index is 1480. The van der Waals surface area contributed by atoms with Crippen LogP contribution in [0, 0.1) is 11.8 Å². The van der Waals surface area contributed by atoms with Crippen molar-refractivity contribution < 1.29 is 29.0 Å². The Balaban J connectivity index is 1.65. The molecular formula is C39H51N3O6. The average molecular weight is 658 g/mol. The topological polar surface area (TPSA) is 99.6 Å². The van der Waals surface area contributed by atoms with Crippen LogP contribution < -0.4 is 9.64 Å². The van der Waals surface area contributed by atoms with E-state index in [-0.39, 0.29) is 36.9 Å². The van der Waals surface area contributed by atoms with E-state index in [1.165, 1.54) is 0 Å². The minimum absolute atomic E-state index is 0.115. The van der Waals surface area contributed by atoms with Gasteiger partial charge in [-0.1, -0.05) is 62.8 Å². The number of anilines is 1. The number of carbonyl (C=O) groups is 3. The Hall–Kier alpha value is -3.95. The maximum atomic E-state index is 15.1. The number of likely N-dealkylation sites (tertiary alicyclic amines) is 1. The first-order valence-electron chi connectivity index (χ1n) is 17.4. The van der Waals surface area contributed by atoms with Gasteiger partial charge in [-0.25, -0.2) is 0 Å². The van der Waals surface area contributed by atoms with Gasteiger partial charge in [0.15, 0.2) is 0 Å². The second-order valence-corrected chi connectivity index (χ2v) is 13.3. The molecule has 3 saturated heterocycles. The normalized spacial score (nSPS) is 26.9. The molecule has 2 aromatic carbocycles. The van der Waals surface area contributed by atoms with Crippen molar-refractivity contribution in [2.24, 2.45) is 11.8 Å². The Morgan fingerprint density at radius 2 is 1.73 bits per heavy atom. The van der Waals surface area contributed by atoms with Crippen molar-refractivity contribution in [3.63, 3.8) is 0 Å². The molecule has 3 aliphatic rings. The van der Waals surface area contributed by atoms with Crippen molar-refractivity contribution in [3.05, 3.63) is 85.5 Å². The van der Waals surface area contributed by atoms with Crippen molar-refractivity contribution in [1.82, 2.24) is 9.80 Å². The van der Waals surface area contributed by atoms with Crippen LogP contribution in [-0.2, 0) is 19.1 Å². The van der Waals surface area contributed by atoms with E-state index in [0.29, 0.717) is 49.4 Å². The molecule has 0 aromatic heterocycles. The summed E-state index contributed by atoms with van der Waals surface area (Å²) >= 11 is 0. The number of benzene rings is 2. The van der Waals surface area contributed by atoms with E-state index in [0.717, 1.165) is 12.8 Å². The van der Waals surface area contributed by atoms with Crippen LogP contribution in [0.1, 0.15) is 71.4 Å². The molecule has 9 heteroatoms. The van der Waals surface area contributed by atoms with Crippen molar-refractivity contribution in [1.29, 1.82) is 0 Å². The van der Waals surface area contributed by atoms with Crippen LogP contribution in [0.5, 0.6) is 5.75 Å². The van der Waals surface area contributed by atoms with Gasteiger partial charge in [-0.15, -0.1) is 13.2 Å². The highest BCUT2D eigenvalue weighted by Crippen LogP contribution is 2.65. The van der Waals surface area contributed by atoms with Gasteiger partial charge in [-0.2, -0.15) is 0 Å². The number of rotatable bonds is 16. The first-order chi connectivity index (χ1) is 23.2. The number of hydrogen-bond donors (Lipinski definition) is 1. The number of fused-ring (bicyclic) bond motifs is 1. The van der Waals surface area contributed by atoms with Gasteiger partial charge in [0.1, 0.15) is 17.4 Å². The smallest absolute Gasteiger partial charge is 0.248 e. The van der Waals surface area contributed by atoms with E-state index in [9.17, 15) is 14.7 Å². The summed E-state index contributed by atoms with van der Waals surface area (Å²) in [5.41, 5.74) is -0.794. The molecule has 0 saturated carbocycles. The molecule has 5 rings (SSSR count). The van der Waals surface area contributed by atoms with Crippen LogP contribution in [0.3, 0.4) is 0 Å². The van der Waals surface area contributed by atoms with Crippen LogP contribution in [0.4, 0.5) is 5.69 Å². The molecule has 3 heterocycles. The van der Waals surface area contributed by atoms with Gasteiger partial charge in [-0.05, 0) is 69.4 Å². The van der Waals surface area contributed by atoms with E-state index < -0.39 is 35.1 Å². The first kappa shape index (κ1) is 35.4. The van der Waals surface area contributed by atoms with Crippen molar-refractivity contribution in [2.75, 3.05) is 31.2 Å². The zero-order valence-corrected chi connectivity index (χ0v) is 28.8. The van der Waals surface area contributed by atoms with Crippen LogP contribution in [0.2, 0.25) is 0 Å². The molecule has 3 fully saturated rings. The van der Waals surface area contributed by atoms with Gasteiger partial charge in [0.25, 0.3) is 0 Å². The van der Waals surface area contributed by atoms with E-state index in [4.69, 9.17) is 9.47 Å². The highest BCUT2D eigenvalue weighted by molar-refractivity contribution is 6.03. The summed E-state index contributed by atoms with van der Waals surface area (Å²) < 4.78 is 12.7. The fourth-order valence-corrected chi connectivity index (χ4v) is 8.54. The third-order valence-corrected chi connectivity index (χ3v) is 10.7. The average Bonchev–Trinajstić information content (AvgIpc) is 3.71. The Morgan fingerprint density at radius 1 is 1.04 bits per heavy atom. The van der Waals surface area contributed by atoms with Gasteiger partial charge in [0, 0.05) is 24.8 Å². The van der Waals surface area contributed by atoms with E-state index >= 15 is 4.79 Å². The molecule has 3 amide bonds. The van der Waals surface area contributed by atoms with Crippen molar-refractivity contribution in [3.8, 4) is 5.75 Å². The second-order valence-electron chi connectivity index (χ2n) is 13.3. The second kappa shape index (κ2) is 14.7. The van der Waals surface area contributed by atoms with E-state index in [1.54, 1.807) is 26.9 Å². The third-order valence-electron chi connectivity index (χ3n) is 10.7. The number of carbonyl (C=O) groups excluding carboxylic acids is 3. The SMILES string of the molecule is C=CCN(C(=O)[C@@H]1[C@H]2C(=O)N([C@H](CO)c3ccccc3)C(C(=O)N(CC=C)C(C)CCC)C23CC[C@@]1(CC)O3)c1ccc(OCC)cc1. The van der Waals surface area contributed by atoms with Gasteiger partial charge in [-0.3, -0.25) is 14.4 Å². The summed E-state index contributed by atoms with van der Waals surface area (Å²) in [6, 6.07) is 14.7. The Morgan fingerprint density at radius 3 is 2.31 bits per heavy atom. The summed E-state index contributed by atoms with van der Waals surface area (Å²) in [6.07, 6.45) is 6.53. The Kier molecular flexibility index (Phi) is 10.8. The fraction of sp³-hybridized carbons (Fsp3) is 0.513. The number of amides is 3. The fourth-order valence-electron chi connectivity index (χ4n) is 8.54. The quantitative estimate of drug-likeness (QED) is 0.233. The lowest BCUT2D eigenvalue weighted by Gasteiger charge is -2.41. The molecule has 3 unspecified atom stereocenters. The summed E-state index contributed by atoms with van der Waals surface area (Å²) in [5.74, 6) is -1.87. The minimum atomic E-state index is -1.24. The summed E-state index contributed by atoms with van der Waals surface area (Å²) in [5, 5.41) is 10.9. The number of hydrogen-bond acceptors (Lipinski definition) is 6. The maximum Gasteiger partial charge on any atom is 0.248 e. The zero-order chi connectivity index (χ0) is 34.6. The molecule has 0 radical (unpaired) electrons. The monoisotopic (exact) mass is 657 g/mol. The highest BCUT2D eigenvalue weighted by atomic mass is 16.5. The van der Waals surface area contributed by atoms with E-state index in [1.807, 2.05) is 75.4 Å². The van der Waals surface area contributed by atoms with Gasteiger partial charge in [0.05, 0.1) is 36.7 Å². The van der Waals surface area contributed by atoms with Crippen molar-refractivity contribution in [2.45, 2.75) is 89.1 Å².